The van der Waals surface area contributed by atoms with Gasteiger partial charge in [0.15, 0.2) is 0 Å². The van der Waals surface area contributed by atoms with Crippen molar-refractivity contribution in [3.63, 3.8) is 0 Å². The summed E-state index contributed by atoms with van der Waals surface area (Å²) in [5, 5.41) is 3.88. The van der Waals surface area contributed by atoms with Gasteiger partial charge in [0.2, 0.25) is 5.91 Å². The molecular formula is C19H20Cl2N2O2. The Morgan fingerprint density at radius 3 is 2.48 bits per heavy atom. The van der Waals surface area contributed by atoms with Gasteiger partial charge in [0.1, 0.15) is 0 Å². The van der Waals surface area contributed by atoms with Crippen molar-refractivity contribution >= 4 is 35.0 Å². The Bertz CT molecular complexity index is 750. The summed E-state index contributed by atoms with van der Waals surface area (Å²) in [6, 6.07) is 14.4. The summed E-state index contributed by atoms with van der Waals surface area (Å²) in [7, 11) is 0. The van der Waals surface area contributed by atoms with Crippen LogP contribution in [0, 0.1) is 0 Å². The average Bonchev–Trinajstić information content (AvgIpc) is 2.58. The third-order valence-corrected chi connectivity index (χ3v) is 4.36. The molecule has 2 rings (SSSR count). The number of hydrogen-bond donors (Lipinski definition) is 1. The second kappa shape index (κ2) is 9.44. The Labute approximate surface area is 157 Å². The van der Waals surface area contributed by atoms with Gasteiger partial charge in [-0.2, -0.15) is 0 Å². The van der Waals surface area contributed by atoms with Gasteiger partial charge >= 0.3 is 0 Å². The first-order valence-corrected chi connectivity index (χ1v) is 8.75. The minimum atomic E-state index is -0.246. The molecular weight excluding hydrogens is 359 g/mol. The SMILES string of the molecule is CC(=O)N(CCNC(=O)c1ccccc1Cl)CCc1cccc(Cl)c1. The van der Waals surface area contributed by atoms with Crippen molar-refractivity contribution in [1.82, 2.24) is 10.2 Å². The van der Waals surface area contributed by atoms with E-state index in [4.69, 9.17) is 23.2 Å². The van der Waals surface area contributed by atoms with Crippen LogP contribution in [0.4, 0.5) is 0 Å². The summed E-state index contributed by atoms with van der Waals surface area (Å²) in [4.78, 5) is 25.6. The smallest absolute Gasteiger partial charge is 0.252 e. The zero-order chi connectivity index (χ0) is 18.2. The van der Waals surface area contributed by atoms with Crippen LogP contribution in [-0.4, -0.2) is 36.3 Å². The summed E-state index contributed by atoms with van der Waals surface area (Å²) >= 11 is 12.0. The first kappa shape index (κ1) is 19.3. The molecule has 0 fully saturated rings. The Morgan fingerprint density at radius 1 is 1.04 bits per heavy atom. The lowest BCUT2D eigenvalue weighted by Gasteiger charge is -2.21. The molecule has 25 heavy (non-hydrogen) atoms. The van der Waals surface area contributed by atoms with Crippen molar-refractivity contribution in [3.8, 4) is 0 Å². The monoisotopic (exact) mass is 378 g/mol. The number of amides is 2. The minimum Gasteiger partial charge on any atom is -0.350 e. The van der Waals surface area contributed by atoms with Gasteiger partial charge in [-0.15, -0.1) is 0 Å². The normalized spacial score (nSPS) is 10.4. The van der Waals surface area contributed by atoms with Crippen molar-refractivity contribution in [1.29, 1.82) is 0 Å². The van der Waals surface area contributed by atoms with Crippen LogP contribution in [0.2, 0.25) is 10.0 Å². The fraction of sp³-hybridized carbons (Fsp3) is 0.263. The second-order valence-corrected chi connectivity index (χ2v) is 6.47. The Morgan fingerprint density at radius 2 is 1.80 bits per heavy atom. The third-order valence-electron chi connectivity index (χ3n) is 3.79. The van der Waals surface area contributed by atoms with Crippen LogP contribution in [-0.2, 0) is 11.2 Å². The van der Waals surface area contributed by atoms with E-state index >= 15 is 0 Å². The highest BCUT2D eigenvalue weighted by Gasteiger charge is 2.12. The minimum absolute atomic E-state index is 0.0333. The lowest BCUT2D eigenvalue weighted by molar-refractivity contribution is -0.128. The van der Waals surface area contributed by atoms with Crippen LogP contribution < -0.4 is 5.32 Å². The lowest BCUT2D eigenvalue weighted by Crippen LogP contribution is -2.38. The fourth-order valence-electron chi connectivity index (χ4n) is 2.43. The molecule has 2 aromatic rings. The van der Waals surface area contributed by atoms with E-state index in [2.05, 4.69) is 5.32 Å². The van der Waals surface area contributed by atoms with Crippen molar-refractivity contribution in [2.45, 2.75) is 13.3 Å². The van der Waals surface area contributed by atoms with Crippen LogP contribution in [0.25, 0.3) is 0 Å². The molecule has 0 saturated carbocycles. The van der Waals surface area contributed by atoms with Crippen molar-refractivity contribution in [2.24, 2.45) is 0 Å². The highest BCUT2D eigenvalue weighted by Crippen LogP contribution is 2.14. The van der Waals surface area contributed by atoms with Gasteiger partial charge < -0.3 is 10.2 Å². The van der Waals surface area contributed by atoms with E-state index in [1.165, 1.54) is 6.92 Å². The molecule has 0 aliphatic rings. The summed E-state index contributed by atoms with van der Waals surface area (Å²) in [6.07, 6.45) is 0.707. The van der Waals surface area contributed by atoms with E-state index < -0.39 is 0 Å². The number of carbonyl (C=O) groups is 2. The summed E-state index contributed by atoms with van der Waals surface area (Å²) in [5.41, 5.74) is 1.50. The largest absolute Gasteiger partial charge is 0.350 e. The van der Waals surface area contributed by atoms with Crippen LogP contribution in [0.3, 0.4) is 0 Å². The molecule has 4 nitrogen and oxygen atoms in total. The maximum absolute atomic E-state index is 12.1. The molecule has 6 heteroatoms. The molecule has 0 radical (unpaired) electrons. The molecule has 0 spiro atoms. The van der Waals surface area contributed by atoms with Gasteiger partial charge in [-0.05, 0) is 36.2 Å². The van der Waals surface area contributed by atoms with Crippen molar-refractivity contribution < 1.29 is 9.59 Å². The summed E-state index contributed by atoms with van der Waals surface area (Å²) in [5.74, 6) is -0.280. The van der Waals surface area contributed by atoms with Gasteiger partial charge in [-0.3, -0.25) is 9.59 Å². The molecule has 0 atom stereocenters. The van der Waals surface area contributed by atoms with E-state index in [1.54, 1.807) is 29.2 Å². The predicted octanol–water partition coefficient (Wildman–Crippen LogP) is 3.81. The van der Waals surface area contributed by atoms with Crippen LogP contribution in [0.5, 0.6) is 0 Å². The second-order valence-electron chi connectivity index (χ2n) is 5.62. The molecule has 0 saturated heterocycles. The van der Waals surface area contributed by atoms with Gasteiger partial charge in [0.25, 0.3) is 5.91 Å². The zero-order valence-corrected chi connectivity index (χ0v) is 15.5. The fourth-order valence-corrected chi connectivity index (χ4v) is 2.86. The van der Waals surface area contributed by atoms with Gasteiger partial charge in [-0.25, -0.2) is 0 Å². The Balaban J connectivity index is 1.84. The third kappa shape index (κ3) is 6.07. The average molecular weight is 379 g/mol. The molecule has 0 aromatic heterocycles. The molecule has 0 unspecified atom stereocenters. The number of carbonyl (C=O) groups excluding carboxylic acids is 2. The van der Waals surface area contributed by atoms with E-state index in [1.807, 2.05) is 24.3 Å². The van der Waals surface area contributed by atoms with Crippen molar-refractivity contribution in [3.05, 3.63) is 69.7 Å². The lowest BCUT2D eigenvalue weighted by atomic mass is 10.1. The number of halogens is 2. The summed E-state index contributed by atoms with van der Waals surface area (Å²) < 4.78 is 0. The number of nitrogens with zero attached hydrogens (tertiary/aromatic N) is 1. The maximum atomic E-state index is 12.1. The standard InChI is InChI=1S/C19H20Cl2N2O2/c1-14(24)23(11-9-15-5-4-6-16(20)13-15)12-10-22-19(25)17-7-2-3-8-18(17)21/h2-8,13H,9-12H2,1H3,(H,22,25). The number of nitrogens with one attached hydrogen (secondary N) is 1. The molecule has 1 N–H and O–H groups in total. The number of benzene rings is 2. The van der Waals surface area contributed by atoms with Gasteiger partial charge in [0, 0.05) is 31.6 Å². The molecule has 0 aliphatic carbocycles. The molecule has 132 valence electrons. The van der Waals surface area contributed by atoms with Crippen LogP contribution >= 0.6 is 23.2 Å². The molecule has 0 heterocycles. The van der Waals surface area contributed by atoms with E-state index in [0.29, 0.717) is 41.7 Å². The maximum Gasteiger partial charge on any atom is 0.252 e. The quantitative estimate of drug-likeness (QED) is 0.795. The molecule has 2 amide bonds. The van der Waals surface area contributed by atoms with E-state index in [0.717, 1.165) is 5.56 Å². The molecule has 0 bridgehead atoms. The summed E-state index contributed by atoms with van der Waals surface area (Å²) in [6.45, 7) is 2.89. The molecule has 2 aromatic carbocycles. The first-order chi connectivity index (χ1) is 12.0. The number of hydrogen-bond acceptors (Lipinski definition) is 2. The highest BCUT2D eigenvalue weighted by molar-refractivity contribution is 6.33. The van der Waals surface area contributed by atoms with E-state index in [9.17, 15) is 9.59 Å². The topological polar surface area (TPSA) is 49.4 Å². The van der Waals surface area contributed by atoms with Crippen LogP contribution in [0.15, 0.2) is 48.5 Å². The van der Waals surface area contributed by atoms with Gasteiger partial charge in [-0.1, -0.05) is 47.5 Å². The molecule has 0 aliphatic heterocycles. The highest BCUT2D eigenvalue weighted by atomic mass is 35.5. The Hall–Kier alpha value is -2.04. The van der Waals surface area contributed by atoms with E-state index in [-0.39, 0.29) is 11.8 Å². The van der Waals surface area contributed by atoms with Crippen molar-refractivity contribution in [2.75, 3.05) is 19.6 Å². The predicted molar refractivity (Wildman–Crippen MR) is 101 cm³/mol. The van der Waals surface area contributed by atoms with Crippen LogP contribution in [0.1, 0.15) is 22.8 Å². The van der Waals surface area contributed by atoms with Gasteiger partial charge in [0.05, 0.1) is 10.6 Å². The zero-order valence-electron chi connectivity index (χ0n) is 14.0. The first-order valence-electron chi connectivity index (χ1n) is 8.00. The number of rotatable bonds is 7. The Kier molecular flexibility index (Phi) is 7.29.